The molecule has 2 rings (SSSR count). The van der Waals surface area contributed by atoms with Crippen LogP contribution in [0.25, 0.3) is 0 Å². The average Bonchev–Trinajstić information content (AvgIpc) is 2.84. The Labute approximate surface area is 122 Å². The summed E-state index contributed by atoms with van der Waals surface area (Å²) in [5.74, 6) is -1.08. The van der Waals surface area contributed by atoms with Gasteiger partial charge in [0.25, 0.3) is 0 Å². The highest BCUT2D eigenvalue weighted by Crippen LogP contribution is 2.20. The smallest absolute Gasteiger partial charge is 0.326 e. The Morgan fingerprint density at radius 1 is 1.58 bits per heavy atom. The number of halogens is 1. The first kappa shape index (κ1) is 14.0. The molecule has 1 aromatic heterocycles. The number of nitrogens with two attached hydrogens (primary N) is 1. The second-order valence-corrected chi connectivity index (χ2v) is 5.65. The van der Waals surface area contributed by atoms with Crippen LogP contribution in [0.5, 0.6) is 0 Å². The summed E-state index contributed by atoms with van der Waals surface area (Å²) >= 11 is 4.75. The number of aromatic nitrogens is 1. The Kier molecular flexibility index (Phi) is 4.52. The van der Waals surface area contributed by atoms with Crippen molar-refractivity contribution < 1.29 is 9.90 Å². The van der Waals surface area contributed by atoms with E-state index in [2.05, 4.69) is 26.2 Å². The van der Waals surface area contributed by atoms with Crippen molar-refractivity contribution in [1.29, 1.82) is 0 Å². The summed E-state index contributed by atoms with van der Waals surface area (Å²) in [6.07, 6.45) is 0. The van der Waals surface area contributed by atoms with Crippen LogP contribution in [-0.2, 0) is 11.3 Å². The molecular weight excluding hydrogens is 330 g/mol. The molecule has 4 N–H and O–H groups in total. The molecule has 5 nitrogen and oxygen atoms in total. The Bertz CT molecular complexity index is 588. The van der Waals surface area contributed by atoms with Crippen LogP contribution in [0.1, 0.15) is 17.3 Å². The summed E-state index contributed by atoms with van der Waals surface area (Å²) in [6.45, 7) is 0.620. The molecule has 0 saturated heterocycles. The molecule has 0 saturated carbocycles. The zero-order valence-electron chi connectivity index (χ0n) is 9.84. The number of rotatable bonds is 5. The highest BCUT2D eigenvalue weighted by Gasteiger charge is 2.17. The number of carboxylic acids is 1. The van der Waals surface area contributed by atoms with Crippen molar-refractivity contribution in [3.63, 3.8) is 0 Å². The lowest BCUT2D eigenvalue weighted by molar-refractivity contribution is -0.138. The van der Waals surface area contributed by atoms with Gasteiger partial charge in [-0.05, 0) is 17.7 Å². The summed E-state index contributed by atoms with van der Waals surface area (Å²) in [7, 11) is 0. The lowest BCUT2D eigenvalue weighted by Crippen LogP contribution is -2.20. The van der Waals surface area contributed by atoms with Crippen LogP contribution >= 0.6 is 27.3 Å². The minimum Gasteiger partial charge on any atom is -0.480 e. The van der Waals surface area contributed by atoms with Gasteiger partial charge in [-0.2, -0.15) is 0 Å². The monoisotopic (exact) mass is 341 g/mol. The predicted molar refractivity (Wildman–Crippen MR) is 78.1 cm³/mol. The Hall–Kier alpha value is -1.44. The molecule has 0 amide bonds. The Morgan fingerprint density at radius 2 is 2.37 bits per heavy atom. The fourth-order valence-electron chi connectivity index (χ4n) is 1.46. The molecule has 1 aromatic carbocycles. The molecule has 1 heterocycles. The fraction of sp³-hybridized carbons (Fsp3) is 0.167. The molecule has 1 atom stereocenters. The molecular formula is C12H12BrN3O2S. The third-order valence-electron chi connectivity index (χ3n) is 2.44. The lowest BCUT2D eigenvalue weighted by atomic mass is 10.2. The van der Waals surface area contributed by atoms with Crippen molar-refractivity contribution in [2.75, 3.05) is 5.32 Å². The minimum absolute atomic E-state index is 0.370. The maximum absolute atomic E-state index is 10.7. The van der Waals surface area contributed by atoms with Gasteiger partial charge in [-0.3, -0.25) is 4.79 Å². The summed E-state index contributed by atoms with van der Waals surface area (Å²) in [6, 6.07) is 6.84. The van der Waals surface area contributed by atoms with Crippen LogP contribution in [0.3, 0.4) is 0 Å². The molecule has 100 valence electrons. The average molecular weight is 342 g/mol. The molecule has 0 aliphatic heterocycles. The van der Waals surface area contributed by atoms with E-state index >= 15 is 0 Å². The van der Waals surface area contributed by atoms with Gasteiger partial charge in [0.15, 0.2) is 5.13 Å². The van der Waals surface area contributed by atoms with Gasteiger partial charge in [-0.1, -0.05) is 28.1 Å². The molecule has 1 unspecified atom stereocenters. The van der Waals surface area contributed by atoms with E-state index in [1.807, 2.05) is 24.3 Å². The van der Waals surface area contributed by atoms with Gasteiger partial charge in [0, 0.05) is 16.4 Å². The summed E-state index contributed by atoms with van der Waals surface area (Å²) < 4.78 is 1.01. The number of hydrogen-bond donors (Lipinski definition) is 3. The van der Waals surface area contributed by atoms with E-state index in [0.717, 1.165) is 10.0 Å². The standard InChI is InChI=1S/C12H12BrN3O2S/c13-8-3-1-2-7(4-8)5-15-12-16-9(6-19-12)10(14)11(17)18/h1-4,6,10H,5,14H2,(H,15,16)(H,17,18). The van der Waals surface area contributed by atoms with Crippen LogP contribution < -0.4 is 11.1 Å². The van der Waals surface area contributed by atoms with Gasteiger partial charge in [0.2, 0.25) is 0 Å². The molecule has 0 fully saturated rings. The largest absolute Gasteiger partial charge is 0.480 e. The second kappa shape index (κ2) is 6.14. The van der Waals surface area contributed by atoms with Gasteiger partial charge >= 0.3 is 5.97 Å². The molecule has 7 heteroatoms. The normalized spacial score (nSPS) is 12.1. The Balaban J connectivity index is 1.99. The van der Waals surface area contributed by atoms with E-state index in [9.17, 15) is 4.79 Å². The fourth-order valence-corrected chi connectivity index (χ4v) is 2.65. The third-order valence-corrected chi connectivity index (χ3v) is 3.75. The molecule has 2 aromatic rings. The first-order valence-corrected chi connectivity index (χ1v) is 7.15. The van der Waals surface area contributed by atoms with Gasteiger partial charge in [0.05, 0.1) is 5.69 Å². The highest BCUT2D eigenvalue weighted by atomic mass is 79.9. The van der Waals surface area contributed by atoms with Gasteiger partial charge in [-0.25, -0.2) is 4.98 Å². The number of hydrogen-bond acceptors (Lipinski definition) is 5. The Morgan fingerprint density at radius 3 is 3.05 bits per heavy atom. The van der Waals surface area contributed by atoms with E-state index < -0.39 is 12.0 Å². The number of benzene rings is 1. The maximum Gasteiger partial charge on any atom is 0.326 e. The quantitative estimate of drug-likeness (QED) is 0.777. The third kappa shape index (κ3) is 3.76. The van der Waals surface area contributed by atoms with Crippen LogP contribution in [0.4, 0.5) is 5.13 Å². The van der Waals surface area contributed by atoms with Crippen LogP contribution in [0, 0.1) is 0 Å². The van der Waals surface area contributed by atoms with E-state index in [1.54, 1.807) is 5.38 Å². The van der Waals surface area contributed by atoms with Crippen molar-refractivity contribution >= 4 is 38.4 Å². The lowest BCUT2D eigenvalue weighted by Gasteiger charge is -2.04. The summed E-state index contributed by atoms with van der Waals surface area (Å²) in [5.41, 5.74) is 6.96. The molecule has 0 radical (unpaired) electrons. The number of thiazole rings is 1. The van der Waals surface area contributed by atoms with Gasteiger partial charge in [0.1, 0.15) is 6.04 Å². The number of aliphatic carboxylic acids is 1. The topological polar surface area (TPSA) is 88.2 Å². The van der Waals surface area contributed by atoms with Crippen LogP contribution in [0.15, 0.2) is 34.1 Å². The van der Waals surface area contributed by atoms with Crippen LogP contribution in [-0.4, -0.2) is 16.1 Å². The first-order chi connectivity index (χ1) is 9.06. The molecule has 0 bridgehead atoms. The van der Waals surface area contributed by atoms with E-state index in [-0.39, 0.29) is 0 Å². The zero-order chi connectivity index (χ0) is 13.8. The number of carboxylic acid groups (broad SMARTS) is 1. The second-order valence-electron chi connectivity index (χ2n) is 3.88. The summed E-state index contributed by atoms with van der Waals surface area (Å²) in [4.78, 5) is 14.9. The van der Waals surface area contributed by atoms with Crippen LogP contribution in [0.2, 0.25) is 0 Å². The minimum atomic E-state index is -1.08. The van der Waals surface area contributed by atoms with Crippen molar-refractivity contribution in [2.24, 2.45) is 5.73 Å². The highest BCUT2D eigenvalue weighted by molar-refractivity contribution is 9.10. The van der Waals surface area contributed by atoms with Crippen molar-refractivity contribution in [2.45, 2.75) is 12.6 Å². The number of anilines is 1. The van der Waals surface area contributed by atoms with Gasteiger partial charge in [-0.15, -0.1) is 11.3 Å². The number of nitrogens with one attached hydrogen (secondary N) is 1. The van der Waals surface area contributed by atoms with Crippen molar-refractivity contribution in [3.8, 4) is 0 Å². The molecule has 19 heavy (non-hydrogen) atoms. The SMILES string of the molecule is NC(C(=O)O)c1csc(NCc2cccc(Br)c2)n1. The van der Waals surface area contributed by atoms with Crippen molar-refractivity contribution in [1.82, 2.24) is 4.98 Å². The van der Waals surface area contributed by atoms with Crippen molar-refractivity contribution in [3.05, 3.63) is 45.4 Å². The molecule has 0 aliphatic rings. The van der Waals surface area contributed by atoms with E-state index in [4.69, 9.17) is 10.8 Å². The molecule has 0 aliphatic carbocycles. The zero-order valence-corrected chi connectivity index (χ0v) is 12.2. The molecule has 0 spiro atoms. The maximum atomic E-state index is 10.7. The predicted octanol–water partition coefficient (Wildman–Crippen LogP) is 2.60. The van der Waals surface area contributed by atoms with E-state index in [0.29, 0.717) is 17.4 Å². The number of carbonyl (C=O) groups is 1. The number of nitrogens with zero attached hydrogens (tertiary/aromatic N) is 1. The van der Waals surface area contributed by atoms with E-state index in [1.165, 1.54) is 11.3 Å². The van der Waals surface area contributed by atoms with Gasteiger partial charge < -0.3 is 16.2 Å². The first-order valence-electron chi connectivity index (χ1n) is 5.48. The summed E-state index contributed by atoms with van der Waals surface area (Å²) in [5, 5.41) is 14.3.